The molecule has 0 saturated carbocycles. The highest BCUT2D eigenvalue weighted by Crippen LogP contribution is 2.18. The third-order valence-electron chi connectivity index (χ3n) is 4.80. The molecule has 6 heteroatoms. The first kappa shape index (κ1) is 15.2. The van der Waals surface area contributed by atoms with Crippen molar-refractivity contribution in [1.82, 2.24) is 20.0 Å². The molecule has 0 bridgehead atoms. The Morgan fingerprint density at radius 2 is 2.00 bits per heavy atom. The van der Waals surface area contributed by atoms with Crippen molar-refractivity contribution in [3.63, 3.8) is 0 Å². The van der Waals surface area contributed by atoms with Crippen LogP contribution in [0, 0.1) is 0 Å². The minimum atomic E-state index is -0.0410. The van der Waals surface area contributed by atoms with Crippen molar-refractivity contribution in [3.05, 3.63) is 17.8 Å². The van der Waals surface area contributed by atoms with E-state index in [9.17, 15) is 4.79 Å². The number of amides is 1. The van der Waals surface area contributed by atoms with Gasteiger partial charge < -0.3 is 14.7 Å². The molecular weight excluding hydrogens is 278 g/mol. The van der Waals surface area contributed by atoms with Gasteiger partial charge in [-0.05, 0) is 51.4 Å². The van der Waals surface area contributed by atoms with E-state index < -0.39 is 0 Å². The molecule has 0 aromatic carbocycles. The first-order valence-electron chi connectivity index (χ1n) is 8.19. The van der Waals surface area contributed by atoms with Gasteiger partial charge >= 0.3 is 0 Å². The summed E-state index contributed by atoms with van der Waals surface area (Å²) in [4.78, 5) is 18.8. The normalized spacial score (nSPS) is 22.3. The highest BCUT2D eigenvalue weighted by Gasteiger charge is 2.25. The second-order valence-corrected chi connectivity index (χ2v) is 6.43. The third kappa shape index (κ3) is 3.21. The van der Waals surface area contributed by atoms with Crippen molar-refractivity contribution in [2.45, 2.75) is 31.7 Å². The van der Waals surface area contributed by atoms with Crippen molar-refractivity contribution in [2.24, 2.45) is 0 Å². The Balaban J connectivity index is 1.61. The van der Waals surface area contributed by atoms with Crippen molar-refractivity contribution in [2.75, 3.05) is 45.2 Å². The molecule has 22 heavy (non-hydrogen) atoms. The molecule has 1 unspecified atom stereocenters. The molecule has 3 heterocycles. The smallest absolute Gasteiger partial charge is 0.274 e. The van der Waals surface area contributed by atoms with E-state index in [1.807, 2.05) is 13.1 Å². The highest BCUT2D eigenvalue weighted by molar-refractivity contribution is 5.92. The first-order chi connectivity index (χ1) is 10.6. The van der Waals surface area contributed by atoms with Gasteiger partial charge in [0.2, 0.25) is 0 Å². The standard InChI is InChI=1S/C16H25N5O/c1-19-9-5-6-13(19)12-20(2)16(22)14-7-8-15(18-17-14)21-10-3-4-11-21/h7-8,13H,3-6,9-12H2,1-2H3. The fraction of sp³-hybridized carbons (Fsp3) is 0.688. The second-order valence-electron chi connectivity index (χ2n) is 6.43. The van der Waals surface area contributed by atoms with Crippen molar-refractivity contribution >= 4 is 11.7 Å². The topological polar surface area (TPSA) is 52.6 Å². The first-order valence-corrected chi connectivity index (χ1v) is 8.19. The van der Waals surface area contributed by atoms with E-state index in [1.165, 1.54) is 19.3 Å². The molecular formula is C16H25N5O. The number of likely N-dealkylation sites (N-methyl/N-ethyl adjacent to an activating group) is 2. The van der Waals surface area contributed by atoms with Crippen LogP contribution in [0.25, 0.3) is 0 Å². The van der Waals surface area contributed by atoms with Crippen molar-refractivity contribution in [3.8, 4) is 0 Å². The van der Waals surface area contributed by atoms with Crippen LogP contribution in [0.15, 0.2) is 12.1 Å². The molecule has 2 aliphatic heterocycles. The zero-order chi connectivity index (χ0) is 15.5. The summed E-state index contributed by atoms with van der Waals surface area (Å²) < 4.78 is 0. The monoisotopic (exact) mass is 303 g/mol. The Morgan fingerprint density at radius 1 is 1.23 bits per heavy atom. The molecule has 0 N–H and O–H groups in total. The molecule has 2 saturated heterocycles. The second kappa shape index (κ2) is 6.60. The predicted molar refractivity (Wildman–Crippen MR) is 86.1 cm³/mol. The quantitative estimate of drug-likeness (QED) is 0.838. The molecule has 1 amide bonds. The summed E-state index contributed by atoms with van der Waals surface area (Å²) in [6, 6.07) is 4.18. The molecule has 0 spiro atoms. The number of likely N-dealkylation sites (tertiary alicyclic amines) is 1. The molecule has 2 aliphatic rings. The summed E-state index contributed by atoms with van der Waals surface area (Å²) in [7, 11) is 3.98. The molecule has 120 valence electrons. The maximum atomic E-state index is 12.5. The predicted octanol–water partition coefficient (Wildman–Crippen LogP) is 1.24. The molecule has 6 nitrogen and oxygen atoms in total. The largest absolute Gasteiger partial charge is 0.355 e. The Kier molecular flexibility index (Phi) is 4.57. The number of hydrogen-bond acceptors (Lipinski definition) is 5. The molecule has 1 atom stereocenters. The number of rotatable bonds is 4. The van der Waals surface area contributed by atoms with Crippen LogP contribution in [0.2, 0.25) is 0 Å². The minimum Gasteiger partial charge on any atom is -0.355 e. The van der Waals surface area contributed by atoms with E-state index in [4.69, 9.17) is 0 Å². The zero-order valence-electron chi connectivity index (χ0n) is 13.5. The number of nitrogens with zero attached hydrogens (tertiary/aromatic N) is 5. The average molecular weight is 303 g/mol. The van der Waals surface area contributed by atoms with Crippen LogP contribution in [0.5, 0.6) is 0 Å². The van der Waals surface area contributed by atoms with Gasteiger partial charge in [-0.3, -0.25) is 4.79 Å². The van der Waals surface area contributed by atoms with Crippen LogP contribution in [-0.2, 0) is 0 Å². The number of aromatic nitrogens is 2. The van der Waals surface area contributed by atoms with Crippen LogP contribution in [0.3, 0.4) is 0 Å². The lowest BCUT2D eigenvalue weighted by Crippen LogP contribution is -2.39. The Bertz CT molecular complexity index is 512. The molecule has 1 aromatic heterocycles. The number of anilines is 1. The fourth-order valence-corrected chi connectivity index (χ4v) is 3.36. The number of carbonyl (C=O) groups excluding carboxylic acids is 1. The summed E-state index contributed by atoms with van der Waals surface area (Å²) in [5, 5.41) is 8.37. The highest BCUT2D eigenvalue weighted by atomic mass is 16.2. The van der Waals surface area contributed by atoms with E-state index in [0.717, 1.165) is 38.4 Å². The summed E-state index contributed by atoms with van der Waals surface area (Å²) in [6.07, 6.45) is 4.79. The van der Waals surface area contributed by atoms with E-state index in [1.54, 1.807) is 11.0 Å². The van der Waals surface area contributed by atoms with Gasteiger partial charge in [-0.2, -0.15) is 0 Å². The van der Waals surface area contributed by atoms with Gasteiger partial charge in [0.1, 0.15) is 0 Å². The van der Waals surface area contributed by atoms with Gasteiger partial charge in [-0.1, -0.05) is 0 Å². The average Bonchev–Trinajstić information content (AvgIpc) is 3.19. The Labute approximate surface area is 132 Å². The van der Waals surface area contributed by atoms with Gasteiger partial charge in [0.05, 0.1) is 0 Å². The van der Waals surface area contributed by atoms with Crippen LogP contribution >= 0.6 is 0 Å². The Hall–Kier alpha value is -1.69. The molecule has 0 aliphatic carbocycles. The lowest BCUT2D eigenvalue weighted by atomic mass is 10.2. The number of hydrogen-bond donors (Lipinski definition) is 0. The Morgan fingerprint density at radius 3 is 2.59 bits per heavy atom. The van der Waals surface area contributed by atoms with E-state index in [2.05, 4.69) is 27.0 Å². The van der Waals surface area contributed by atoms with Crippen molar-refractivity contribution in [1.29, 1.82) is 0 Å². The van der Waals surface area contributed by atoms with Crippen LogP contribution in [-0.4, -0.2) is 72.2 Å². The molecule has 0 radical (unpaired) electrons. The third-order valence-corrected chi connectivity index (χ3v) is 4.80. The molecule has 1 aromatic rings. The van der Waals surface area contributed by atoms with Gasteiger partial charge in [0.25, 0.3) is 5.91 Å². The lowest BCUT2D eigenvalue weighted by molar-refractivity contribution is 0.0754. The van der Waals surface area contributed by atoms with Crippen LogP contribution < -0.4 is 4.90 Å². The van der Waals surface area contributed by atoms with Gasteiger partial charge in [-0.25, -0.2) is 0 Å². The fourth-order valence-electron chi connectivity index (χ4n) is 3.36. The summed E-state index contributed by atoms with van der Waals surface area (Å²) in [6.45, 7) is 3.95. The maximum absolute atomic E-state index is 12.5. The SMILES string of the molecule is CN(CC1CCCN1C)C(=O)c1ccc(N2CCCC2)nn1. The van der Waals surface area contributed by atoms with E-state index in [0.29, 0.717) is 11.7 Å². The van der Waals surface area contributed by atoms with E-state index >= 15 is 0 Å². The van der Waals surface area contributed by atoms with Gasteiger partial charge in [-0.15, -0.1) is 10.2 Å². The zero-order valence-corrected chi connectivity index (χ0v) is 13.5. The van der Waals surface area contributed by atoms with Gasteiger partial charge in [0.15, 0.2) is 11.5 Å². The summed E-state index contributed by atoms with van der Waals surface area (Å²) in [5.74, 6) is 0.841. The number of carbonyl (C=O) groups is 1. The molecule has 2 fully saturated rings. The lowest BCUT2D eigenvalue weighted by Gasteiger charge is -2.25. The molecule has 3 rings (SSSR count). The minimum absolute atomic E-state index is 0.0410. The summed E-state index contributed by atoms with van der Waals surface area (Å²) >= 11 is 0. The maximum Gasteiger partial charge on any atom is 0.274 e. The van der Waals surface area contributed by atoms with E-state index in [-0.39, 0.29) is 5.91 Å². The van der Waals surface area contributed by atoms with Crippen molar-refractivity contribution < 1.29 is 4.79 Å². The van der Waals surface area contributed by atoms with Gasteiger partial charge in [0, 0.05) is 32.7 Å². The van der Waals surface area contributed by atoms with Crippen LogP contribution in [0.1, 0.15) is 36.2 Å². The summed E-state index contributed by atoms with van der Waals surface area (Å²) in [5.41, 5.74) is 0.436. The van der Waals surface area contributed by atoms with Crippen LogP contribution in [0.4, 0.5) is 5.82 Å².